The van der Waals surface area contributed by atoms with Gasteiger partial charge in [0.25, 0.3) is 0 Å². The van der Waals surface area contributed by atoms with Crippen molar-refractivity contribution in [2.24, 2.45) is 0 Å². The highest BCUT2D eigenvalue weighted by atomic mass is 19.4. The molecule has 0 aliphatic carbocycles. The smallest absolute Gasteiger partial charge is 0.433 e. The number of aromatic amines is 1. The minimum Gasteiger partial charge on any atom is -0.497 e. The van der Waals surface area contributed by atoms with E-state index < -0.39 is 29.6 Å². The van der Waals surface area contributed by atoms with Gasteiger partial charge in [0, 0.05) is 49.7 Å². The van der Waals surface area contributed by atoms with E-state index in [1.54, 1.807) is 12.1 Å². The van der Waals surface area contributed by atoms with Gasteiger partial charge in [-0.2, -0.15) is 13.2 Å². The third kappa shape index (κ3) is 4.89. The number of pyridine rings is 2. The normalized spacial score (nSPS) is 16.3. The van der Waals surface area contributed by atoms with Crippen LogP contribution in [0.25, 0.3) is 22.2 Å². The number of methoxy groups -OCH3 is 2. The highest BCUT2D eigenvalue weighted by Gasteiger charge is 2.37. The molecule has 1 saturated heterocycles. The van der Waals surface area contributed by atoms with Crippen LogP contribution in [0.4, 0.5) is 27.8 Å². The number of rotatable bonds is 4. The van der Waals surface area contributed by atoms with Gasteiger partial charge < -0.3 is 19.4 Å². The number of fused-ring (bicyclic) bond motifs is 1. The first-order chi connectivity index (χ1) is 16.4. The van der Waals surface area contributed by atoms with E-state index >= 15 is 0 Å². The van der Waals surface area contributed by atoms with Crippen molar-refractivity contribution < 1.29 is 31.4 Å². The summed E-state index contributed by atoms with van der Waals surface area (Å²) in [6.07, 6.45) is -5.51. The van der Waals surface area contributed by atoms with Crippen molar-refractivity contribution in [1.29, 1.82) is 0 Å². The number of benzene rings is 1. The van der Waals surface area contributed by atoms with Gasteiger partial charge in [-0.15, -0.1) is 0 Å². The molecule has 0 saturated carbocycles. The monoisotopic (exact) mass is 497 g/mol. The van der Waals surface area contributed by atoms with Gasteiger partial charge in [-0.05, 0) is 25.0 Å². The quantitative estimate of drug-likeness (QED) is 0.478. The van der Waals surface area contributed by atoms with E-state index in [0.717, 1.165) is 0 Å². The van der Waals surface area contributed by atoms with Crippen LogP contribution in [-0.4, -0.2) is 43.2 Å². The van der Waals surface area contributed by atoms with Crippen molar-refractivity contribution in [3.8, 4) is 22.8 Å². The van der Waals surface area contributed by atoms with Gasteiger partial charge in [-0.3, -0.25) is 4.79 Å². The Labute approximate surface area is 197 Å². The van der Waals surface area contributed by atoms with Crippen LogP contribution in [0.1, 0.15) is 30.5 Å². The third-order valence-electron chi connectivity index (χ3n) is 6.09. The molecule has 0 atom stereocenters. The second kappa shape index (κ2) is 9.01. The molecular formula is C24H24F5N3O3. The highest BCUT2D eigenvalue weighted by Crippen LogP contribution is 2.39. The summed E-state index contributed by atoms with van der Waals surface area (Å²) in [6, 6.07) is 5.64. The first-order valence-electron chi connectivity index (χ1n) is 10.9. The predicted molar refractivity (Wildman–Crippen MR) is 122 cm³/mol. The molecule has 0 amide bonds. The number of nitrogens with one attached hydrogen (secondary N) is 1. The molecular weight excluding hydrogens is 473 g/mol. The van der Waals surface area contributed by atoms with E-state index in [1.165, 1.54) is 38.2 Å². The number of alkyl halides is 5. The van der Waals surface area contributed by atoms with Crippen LogP contribution in [0.3, 0.4) is 0 Å². The summed E-state index contributed by atoms with van der Waals surface area (Å²) in [5, 5.41) is 0.240. The van der Waals surface area contributed by atoms with Gasteiger partial charge >= 0.3 is 6.18 Å². The summed E-state index contributed by atoms with van der Waals surface area (Å²) < 4.78 is 79.6. The number of halogens is 5. The zero-order valence-electron chi connectivity index (χ0n) is 19.4. The molecule has 1 fully saturated rings. The summed E-state index contributed by atoms with van der Waals surface area (Å²) in [5.41, 5.74) is -0.928. The summed E-state index contributed by atoms with van der Waals surface area (Å²) in [5.74, 6) is -2.34. The minimum atomic E-state index is -4.73. The lowest BCUT2D eigenvalue weighted by Gasteiger charge is -2.26. The fourth-order valence-electron chi connectivity index (χ4n) is 4.36. The van der Waals surface area contributed by atoms with E-state index in [-0.39, 0.29) is 59.7 Å². The van der Waals surface area contributed by atoms with Crippen LogP contribution in [0, 0.1) is 6.92 Å². The molecule has 4 rings (SSSR count). The predicted octanol–water partition coefficient (Wildman–Crippen LogP) is 5.56. The van der Waals surface area contributed by atoms with E-state index in [1.807, 2.05) is 0 Å². The molecule has 6 nitrogen and oxygen atoms in total. The van der Waals surface area contributed by atoms with Crippen molar-refractivity contribution in [2.45, 2.75) is 38.3 Å². The number of anilines is 1. The SMILES string of the molecule is COc1cc(OC)c2c(=O)cc(-c3cc(C)c(C(F)(F)F)nc3N3CCCC(F)(F)CC3)[nH]c2c1. The lowest BCUT2D eigenvalue weighted by molar-refractivity contribution is -0.141. The molecule has 2 aromatic heterocycles. The Morgan fingerprint density at radius 1 is 1.06 bits per heavy atom. The molecule has 1 aliphatic rings. The molecule has 3 aromatic rings. The molecule has 0 bridgehead atoms. The number of hydrogen-bond donors (Lipinski definition) is 1. The molecule has 1 aliphatic heterocycles. The third-order valence-corrected chi connectivity index (χ3v) is 6.09. The molecule has 35 heavy (non-hydrogen) atoms. The largest absolute Gasteiger partial charge is 0.497 e. The maximum Gasteiger partial charge on any atom is 0.433 e. The van der Waals surface area contributed by atoms with Gasteiger partial charge in [-0.1, -0.05) is 0 Å². The van der Waals surface area contributed by atoms with Crippen molar-refractivity contribution >= 4 is 16.7 Å². The number of hydrogen-bond acceptors (Lipinski definition) is 5. The Balaban J connectivity index is 1.95. The highest BCUT2D eigenvalue weighted by molar-refractivity contribution is 5.89. The topological polar surface area (TPSA) is 67.5 Å². The molecule has 0 radical (unpaired) electrons. The van der Waals surface area contributed by atoms with E-state index in [9.17, 15) is 26.7 Å². The van der Waals surface area contributed by atoms with Gasteiger partial charge in [0.2, 0.25) is 5.92 Å². The first-order valence-corrected chi connectivity index (χ1v) is 10.9. The van der Waals surface area contributed by atoms with Crippen molar-refractivity contribution in [2.75, 3.05) is 32.2 Å². The van der Waals surface area contributed by atoms with Crippen LogP contribution in [-0.2, 0) is 6.18 Å². The van der Waals surface area contributed by atoms with E-state index in [2.05, 4.69) is 9.97 Å². The lowest BCUT2D eigenvalue weighted by Crippen LogP contribution is -2.28. The fourth-order valence-corrected chi connectivity index (χ4v) is 4.36. The molecule has 1 aromatic carbocycles. The minimum absolute atomic E-state index is 0.0893. The zero-order valence-corrected chi connectivity index (χ0v) is 19.4. The van der Waals surface area contributed by atoms with Gasteiger partial charge in [0.05, 0.1) is 30.8 Å². The molecule has 11 heteroatoms. The van der Waals surface area contributed by atoms with Crippen LogP contribution >= 0.6 is 0 Å². The Kier molecular flexibility index (Phi) is 6.37. The number of aryl methyl sites for hydroxylation is 1. The van der Waals surface area contributed by atoms with Crippen LogP contribution in [0.15, 0.2) is 29.1 Å². The Bertz CT molecular complexity index is 1320. The van der Waals surface area contributed by atoms with E-state index in [4.69, 9.17) is 9.47 Å². The van der Waals surface area contributed by atoms with E-state index in [0.29, 0.717) is 11.3 Å². The summed E-state index contributed by atoms with van der Waals surface area (Å²) >= 11 is 0. The van der Waals surface area contributed by atoms with Crippen LogP contribution in [0.2, 0.25) is 0 Å². The maximum absolute atomic E-state index is 14.0. The number of H-pyrrole nitrogens is 1. The molecule has 0 unspecified atom stereocenters. The maximum atomic E-state index is 14.0. The van der Waals surface area contributed by atoms with Crippen molar-refractivity contribution in [1.82, 2.24) is 9.97 Å². The van der Waals surface area contributed by atoms with Crippen LogP contribution < -0.4 is 19.8 Å². The number of nitrogens with zero attached hydrogens (tertiary/aromatic N) is 2. The lowest BCUT2D eigenvalue weighted by atomic mass is 10.0. The van der Waals surface area contributed by atoms with Gasteiger partial charge in [-0.25, -0.2) is 13.8 Å². The van der Waals surface area contributed by atoms with Crippen molar-refractivity contribution in [3.05, 3.63) is 45.7 Å². The average Bonchev–Trinajstić information content (AvgIpc) is 2.97. The van der Waals surface area contributed by atoms with Crippen molar-refractivity contribution in [3.63, 3.8) is 0 Å². The Morgan fingerprint density at radius 2 is 1.80 bits per heavy atom. The standard InChI is InChI=1S/C24H24F5N3O3/c1-13-9-15(16-12-18(33)20-17(30-16)10-14(34-2)11-19(20)35-3)22(31-21(13)24(27,28)29)32-7-4-5-23(25,26)6-8-32/h9-12H,4-8H2,1-3H3,(H,30,33). The summed E-state index contributed by atoms with van der Waals surface area (Å²) in [7, 11) is 2.84. The second-order valence-corrected chi connectivity index (χ2v) is 8.52. The van der Waals surface area contributed by atoms with Crippen LogP contribution in [0.5, 0.6) is 11.5 Å². The average molecular weight is 497 g/mol. The molecule has 188 valence electrons. The molecule has 1 N–H and O–H groups in total. The first kappa shape index (κ1) is 24.7. The summed E-state index contributed by atoms with van der Waals surface area (Å²) in [4.78, 5) is 21.4. The number of aromatic nitrogens is 2. The number of ether oxygens (including phenoxy) is 2. The molecule has 0 spiro atoms. The zero-order chi connectivity index (χ0) is 25.5. The Morgan fingerprint density at radius 3 is 2.46 bits per heavy atom. The van der Waals surface area contributed by atoms with Gasteiger partial charge in [0.15, 0.2) is 5.43 Å². The van der Waals surface area contributed by atoms with Gasteiger partial charge in [0.1, 0.15) is 23.0 Å². The fraction of sp³-hybridized carbons (Fsp3) is 0.417. The summed E-state index contributed by atoms with van der Waals surface area (Å²) in [6.45, 7) is 1.20. The second-order valence-electron chi connectivity index (χ2n) is 8.52. The Hall–Kier alpha value is -3.37. The molecule has 3 heterocycles.